The van der Waals surface area contributed by atoms with Gasteiger partial charge >= 0.3 is 6.18 Å². The molecule has 0 atom stereocenters. The minimum absolute atomic E-state index is 0.0188. The molecule has 1 aliphatic rings. The summed E-state index contributed by atoms with van der Waals surface area (Å²) in [5, 5.41) is 5.84. The van der Waals surface area contributed by atoms with Gasteiger partial charge in [0.2, 0.25) is 5.91 Å². The van der Waals surface area contributed by atoms with Crippen LogP contribution in [0, 0.1) is 5.41 Å². The van der Waals surface area contributed by atoms with E-state index in [4.69, 9.17) is 0 Å². The number of carbonyl (C=O) groups excluding carboxylic acids is 1. The van der Waals surface area contributed by atoms with E-state index in [-0.39, 0.29) is 5.41 Å². The molecule has 1 amide bonds. The van der Waals surface area contributed by atoms with Crippen LogP contribution in [0.3, 0.4) is 0 Å². The molecule has 0 aromatic heterocycles. The van der Waals surface area contributed by atoms with E-state index in [2.05, 4.69) is 22.3 Å². The Balaban J connectivity index is 2.16. The maximum atomic E-state index is 11.8. The highest BCUT2D eigenvalue weighted by molar-refractivity contribution is 5.77. The number of carbonyl (C=O) groups is 1. The molecule has 0 spiro atoms. The average molecular weight is 268 g/mol. The molecule has 2 N–H and O–H groups in total. The fourth-order valence-corrected chi connectivity index (χ4v) is 1.83. The summed E-state index contributed by atoms with van der Waals surface area (Å²) >= 11 is 0. The van der Waals surface area contributed by atoms with Crippen LogP contribution in [0.25, 0.3) is 0 Å². The molecule has 1 saturated heterocycles. The first-order valence-corrected chi connectivity index (χ1v) is 5.93. The van der Waals surface area contributed by atoms with E-state index in [0.717, 1.165) is 25.9 Å². The van der Waals surface area contributed by atoms with E-state index in [1.165, 1.54) is 0 Å². The van der Waals surface area contributed by atoms with Crippen LogP contribution >= 0.6 is 0 Å². The normalized spacial score (nSPS) is 19.6. The van der Waals surface area contributed by atoms with Crippen molar-refractivity contribution in [1.82, 2.24) is 10.6 Å². The number of hydrogen-bond acceptors (Lipinski definition) is 3. The molecule has 0 bridgehead atoms. The highest BCUT2D eigenvalue weighted by Gasteiger charge is 2.29. The predicted molar refractivity (Wildman–Crippen MR) is 60.1 cm³/mol. The summed E-state index contributed by atoms with van der Waals surface area (Å²) in [7, 11) is 0. The van der Waals surface area contributed by atoms with Crippen molar-refractivity contribution in [3.63, 3.8) is 0 Å². The zero-order valence-corrected chi connectivity index (χ0v) is 10.4. The third kappa shape index (κ3) is 6.20. The molecule has 0 saturated carbocycles. The summed E-state index contributed by atoms with van der Waals surface area (Å²) < 4.78 is 39.6. The Morgan fingerprint density at radius 3 is 2.56 bits per heavy atom. The highest BCUT2D eigenvalue weighted by atomic mass is 19.4. The van der Waals surface area contributed by atoms with Crippen LogP contribution in [0.1, 0.15) is 19.8 Å². The van der Waals surface area contributed by atoms with Gasteiger partial charge in [0, 0.05) is 6.54 Å². The maximum absolute atomic E-state index is 11.8. The van der Waals surface area contributed by atoms with Gasteiger partial charge in [-0.2, -0.15) is 13.2 Å². The molecular formula is C11H19F3N2O2. The second-order valence-corrected chi connectivity index (χ2v) is 4.95. The smallest absolute Gasteiger partial charge is 0.362 e. The van der Waals surface area contributed by atoms with Gasteiger partial charge in [-0.15, -0.1) is 0 Å². The van der Waals surface area contributed by atoms with E-state index in [0.29, 0.717) is 6.54 Å². The Bertz CT molecular complexity index is 276. The van der Waals surface area contributed by atoms with Crippen molar-refractivity contribution in [2.75, 3.05) is 32.8 Å². The van der Waals surface area contributed by atoms with E-state index in [1.54, 1.807) is 0 Å². The number of hydrogen-bond donors (Lipinski definition) is 2. The number of ether oxygens (including phenoxy) is 1. The SMILES string of the molecule is CC1(CNC(=O)COCC(F)(F)F)CCNCC1. The quantitative estimate of drug-likeness (QED) is 0.784. The highest BCUT2D eigenvalue weighted by Crippen LogP contribution is 2.26. The topological polar surface area (TPSA) is 50.4 Å². The first-order chi connectivity index (χ1) is 8.31. The lowest BCUT2D eigenvalue weighted by Crippen LogP contribution is -2.43. The standard InChI is InChI=1S/C11H19F3N2O2/c1-10(2-4-15-5-3-10)7-16-9(17)6-18-8-11(12,13)14/h15H,2-8H2,1H3,(H,16,17). The van der Waals surface area contributed by atoms with Crippen molar-refractivity contribution < 1.29 is 22.7 Å². The molecule has 0 radical (unpaired) electrons. The Hall–Kier alpha value is -0.820. The Morgan fingerprint density at radius 2 is 2.00 bits per heavy atom. The number of piperidine rings is 1. The lowest BCUT2D eigenvalue weighted by Gasteiger charge is -2.34. The number of halogens is 3. The monoisotopic (exact) mass is 268 g/mol. The van der Waals surface area contributed by atoms with Gasteiger partial charge in [0.15, 0.2) is 0 Å². The van der Waals surface area contributed by atoms with Crippen LogP contribution < -0.4 is 10.6 Å². The second kappa shape index (κ2) is 6.38. The van der Waals surface area contributed by atoms with E-state index in [9.17, 15) is 18.0 Å². The maximum Gasteiger partial charge on any atom is 0.411 e. The van der Waals surface area contributed by atoms with Gasteiger partial charge in [-0.1, -0.05) is 6.92 Å². The van der Waals surface area contributed by atoms with Crippen molar-refractivity contribution in [2.24, 2.45) is 5.41 Å². The van der Waals surface area contributed by atoms with Crippen LogP contribution in [0.15, 0.2) is 0 Å². The molecular weight excluding hydrogens is 249 g/mol. The largest absolute Gasteiger partial charge is 0.411 e. The minimum atomic E-state index is -4.39. The Morgan fingerprint density at radius 1 is 1.39 bits per heavy atom. The van der Waals surface area contributed by atoms with Crippen molar-refractivity contribution in [2.45, 2.75) is 25.9 Å². The summed E-state index contributed by atoms with van der Waals surface area (Å²) in [5.41, 5.74) is 0.0188. The zero-order valence-electron chi connectivity index (χ0n) is 10.4. The molecule has 1 heterocycles. The van der Waals surface area contributed by atoms with Gasteiger partial charge in [-0.25, -0.2) is 0 Å². The molecule has 1 rings (SSSR count). The first-order valence-electron chi connectivity index (χ1n) is 5.93. The summed E-state index contributed by atoms with van der Waals surface area (Å²) in [4.78, 5) is 11.3. The lowest BCUT2D eigenvalue weighted by atomic mass is 9.81. The van der Waals surface area contributed by atoms with Gasteiger partial charge < -0.3 is 15.4 Å². The number of rotatable bonds is 5. The zero-order chi connectivity index (χ0) is 13.6. The first kappa shape index (κ1) is 15.2. The van der Waals surface area contributed by atoms with Crippen molar-refractivity contribution in [1.29, 1.82) is 0 Å². The molecule has 18 heavy (non-hydrogen) atoms. The summed E-state index contributed by atoms with van der Waals surface area (Å²) in [6.07, 6.45) is -2.51. The number of nitrogens with one attached hydrogen (secondary N) is 2. The van der Waals surface area contributed by atoms with Crippen molar-refractivity contribution in [3.8, 4) is 0 Å². The van der Waals surface area contributed by atoms with Crippen LogP contribution in [0.2, 0.25) is 0 Å². The fraction of sp³-hybridized carbons (Fsp3) is 0.909. The fourth-order valence-electron chi connectivity index (χ4n) is 1.83. The number of alkyl halides is 3. The minimum Gasteiger partial charge on any atom is -0.362 e. The van der Waals surface area contributed by atoms with Crippen molar-refractivity contribution >= 4 is 5.91 Å². The third-order valence-corrected chi connectivity index (χ3v) is 3.02. The van der Waals surface area contributed by atoms with Crippen LogP contribution in [0.5, 0.6) is 0 Å². The van der Waals surface area contributed by atoms with Crippen LogP contribution in [-0.2, 0) is 9.53 Å². The molecule has 4 nitrogen and oxygen atoms in total. The van der Waals surface area contributed by atoms with Crippen LogP contribution in [-0.4, -0.2) is 44.9 Å². The average Bonchev–Trinajstić information content (AvgIpc) is 2.26. The van der Waals surface area contributed by atoms with Gasteiger partial charge in [0.25, 0.3) is 0 Å². The molecule has 7 heteroatoms. The van der Waals surface area contributed by atoms with E-state index in [1.807, 2.05) is 0 Å². The molecule has 0 aromatic rings. The summed E-state index contributed by atoms with van der Waals surface area (Å²) in [6.45, 7) is 2.40. The molecule has 1 fully saturated rings. The molecule has 0 aromatic carbocycles. The molecule has 1 aliphatic heterocycles. The van der Waals surface area contributed by atoms with Gasteiger partial charge in [-0.3, -0.25) is 4.79 Å². The van der Waals surface area contributed by atoms with Gasteiger partial charge in [-0.05, 0) is 31.3 Å². The lowest BCUT2D eigenvalue weighted by molar-refractivity contribution is -0.175. The summed E-state index contributed by atoms with van der Waals surface area (Å²) in [5.74, 6) is -0.501. The summed E-state index contributed by atoms with van der Waals surface area (Å²) in [6, 6.07) is 0. The van der Waals surface area contributed by atoms with E-state index >= 15 is 0 Å². The Labute approximate surface area is 104 Å². The third-order valence-electron chi connectivity index (χ3n) is 3.02. The molecule has 0 aliphatic carbocycles. The molecule has 106 valence electrons. The van der Waals surface area contributed by atoms with E-state index < -0.39 is 25.3 Å². The Kier molecular flexibility index (Phi) is 5.40. The predicted octanol–water partition coefficient (Wildman–Crippen LogP) is 1.07. The molecule has 0 unspecified atom stereocenters. The number of amides is 1. The van der Waals surface area contributed by atoms with Crippen molar-refractivity contribution in [3.05, 3.63) is 0 Å². The second-order valence-electron chi connectivity index (χ2n) is 4.95. The van der Waals surface area contributed by atoms with Gasteiger partial charge in [0.1, 0.15) is 13.2 Å². The van der Waals surface area contributed by atoms with Gasteiger partial charge in [0.05, 0.1) is 0 Å². The van der Waals surface area contributed by atoms with Crippen LogP contribution in [0.4, 0.5) is 13.2 Å².